The normalized spacial score (nSPS) is 10.4. The Kier molecular flexibility index (Phi) is 3.50. The van der Waals surface area contributed by atoms with Crippen molar-refractivity contribution in [2.45, 2.75) is 32.6 Å². The average Bonchev–Trinajstić information content (AvgIpc) is 2.45. The second-order valence-electron chi connectivity index (χ2n) is 3.18. The van der Waals surface area contributed by atoms with E-state index in [0.29, 0.717) is 12.0 Å². The molecule has 0 bridgehead atoms. The maximum absolute atomic E-state index is 11.2. The molecule has 0 aliphatic carbocycles. The van der Waals surface area contributed by atoms with Crippen molar-refractivity contribution in [2.75, 3.05) is 0 Å². The van der Waals surface area contributed by atoms with Crippen LogP contribution in [0.15, 0.2) is 4.79 Å². The first-order valence-electron chi connectivity index (χ1n) is 4.65. The van der Waals surface area contributed by atoms with Crippen LogP contribution in [0.4, 0.5) is 0 Å². The fourth-order valence-corrected chi connectivity index (χ4v) is 1.38. The van der Waals surface area contributed by atoms with Crippen LogP contribution in [-0.2, 0) is 17.6 Å². The third-order valence-corrected chi connectivity index (χ3v) is 2.05. The van der Waals surface area contributed by atoms with Crippen LogP contribution < -0.4 is 5.56 Å². The SMILES string of the molecule is CCCc1[nH][nH]c(=O)c1CCC(=O)O. The molecule has 14 heavy (non-hydrogen) atoms. The molecule has 0 aliphatic rings. The quantitative estimate of drug-likeness (QED) is 0.650. The highest BCUT2D eigenvalue weighted by Crippen LogP contribution is 2.05. The zero-order valence-corrected chi connectivity index (χ0v) is 8.09. The highest BCUT2D eigenvalue weighted by atomic mass is 16.4. The summed E-state index contributed by atoms with van der Waals surface area (Å²) in [5.74, 6) is -0.881. The van der Waals surface area contributed by atoms with Crippen LogP contribution >= 0.6 is 0 Å². The number of aromatic nitrogens is 2. The standard InChI is InChI=1S/C9H14N2O3/c1-2-3-7-6(4-5-8(12)13)9(14)11-10-7/h2-5H2,1H3,(H,12,13)(H2,10,11,14). The predicted molar refractivity (Wildman–Crippen MR) is 51.4 cm³/mol. The summed E-state index contributed by atoms with van der Waals surface area (Å²) in [6, 6.07) is 0. The van der Waals surface area contributed by atoms with Gasteiger partial charge in [0.2, 0.25) is 0 Å². The van der Waals surface area contributed by atoms with Gasteiger partial charge in [-0.05, 0) is 12.8 Å². The van der Waals surface area contributed by atoms with E-state index < -0.39 is 5.97 Å². The largest absolute Gasteiger partial charge is 0.481 e. The van der Waals surface area contributed by atoms with Gasteiger partial charge in [0, 0.05) is 17.7 Å². The molecule has 0 spiro atoms. The maximum Gasteiger partial charge on any atom is 0.303 e. The second kappa shape index (κ2) is 4.64. The first kappa shape index (κ1) is 10.6. The van der Waals surface area contributed by atoms with Gasteiger partial charge in [-0.3, -0.25) is 14.7 Å². The molecule has 1 rings (SSSR count). The van der Waals surface area contributed by atoms with Crippen molar-refractivity contribution in [2.24, 2.45) is 0 Å². The molecular weight excluding hydrogens is 184 g/mol. The van der Waals surface area contributed by atoms with Crippen LogP contribution in [0.5, 0.6) is 0 Å². The minimum absolute atomic E-state index is 0.00233. The smallest absolute Gasteiger partial charge is 0.303 e. The number of carbonyl (C=O) groups is 1. The van der Waals surface area contributed by atoms with Crippen molar-refractivity contribution < 1.29 is 9.90 Å². The highest BCUT2D eigenvalue weighted by molar-refractivity contribution is 5.67. The third-order valence-electron chi connectivity index (χ3n) is 2.05. The van der Waals surface area contributed by atoms with E-state index in [1.165, 1.54) is 0 Å². The molecule has 1 aromatic heterocycles. The van der Waals surface area contributed by atoms with E-state index in [1.54, 1.807) is 0 Å². The van der Waals surface area contributed by atoms with Gasteiger partial charge < -0.3 is 10.2 Å². The monoisotopic (exact) mass is 198 g/mol. The van der Waals surface area contributed by atoms with Crippen LogP contribution in [0, 0.1) is 0 Å². The van der Waals surface area contributed by atoms with Gasteiger partial charge in [0.05, 0.1) is 0 Å². The Labute approximate surface area is 81.1 Å². The van der Waals surface area contributed by atoms with Crippen LogP contribution in [0.3, 0.4) is 0 Å². The maximum atomic E-state index is 11.2. The first-order chi connectivity index (χ1) is 6.65. The summed E-state index contributed by atoms with van der Waals surface area (Å²) in [6.45, 7) is 2.01. The second-order valence-corrected chi connectivity index (χ2v) is 3.18. The molecule has 1 heterocycles. The number of rotatable bonds is 5. The molecule has 5 heteroatoms. The van der Waals surface area contributed by atoms with Gasteiger partial charge in [-0.2, -0.15) is 0 Å². The van der Waals surface area contributed by atoms with Gasteiger partial charge in [0.25, 0.3) is 5.56 Å². The molecule has 78 valence electrons. The fourth-order valence-electron chi connectivity index (χ4n) is 1.38. The zero-order chi connectivity index (χ0) is 10.6. The Morgan fingerprint density at radius 2 is 2.07 bits per heavy atom. The van der Waals surface area contributed by atoms with E-state index in [0.717, 1.165) is 18.5 Å². The Morgan fingerprint density at radius 3 is 2.64 bits per heavy atom. The molecule has 0 saturated heterocycles. The van der Waals surface area contributed by atoms with E-state index in [-0.39, 0.29) is 12.0 Å². The average molecular weight is 198 g/mol. The van der Waals surface area contributed by atoms with E-state index in [4.69, 9.17) is 5.11 Å². The molecule has 0 radical (unpaired) electrons. The summed E-state index contributed by atoms with van der Waals surface area (Å²) in [4.78, 5) is 21.6. The molecule has 5 nitrogen and oxygen atoms in total. The van der Waals surface area contributed by atoms with Crippen molar-refractivity contribution in [3.63, 3.8) is 0 Å². The van der Waals surface area contributed by atoms with E-state index in [1.807, 2.05) is 6.92 Å². The van der Waals surface area contributed by atoms with Gasteiger partial charge in [-0.15, -0.1) is 0 Å². The summed E-state index contributed by atoms with van der Waals surface area (Å²) in [5.41, 5.74) is 1.21. The van der Waals surface area contributed by atoms with Gasteiger partial charge in [0.1, 0.15) is 0 Å². The minimum Gasteiger partial charge on any atom is -0.481 e. The molecule has 0 atom stereocenters. The predicted octanol–water partition coefficient (Wildman–Crippen LogP) is 0.673. The minimum atomic E-state index is -0.881. The van der Waals surface area contributed by atoms with E-state index >= 15 is 0 Å². The van der Waals surface area contributed by atoms with Gasteiger partial charge in [-0.1, -0.05) is 13.3 Å². The lowest BCUT2D eigenvalue weighted by molar-refractivity contribution is -0.136. The van der Waals surface area contributed by atoms with Crippen molar-refractivity contribution in [3.8, 4) is 0 Å². The molecule has 0 saturated carbocycles. The zero-order valence-electron chi connectivity index (χ0n) is 8.09. The van der Waals surface area contributed by atoms with Gasteiger partial charge in [0.15, 0.2) is 0 Å². The summed E-state index contributed by atoms with van der Waals surface area (Å²) in [6.07, 6.45) is 1.99. The third kappa shape index (κ3) is 2.48. The number of aromatic amines is 2. The Morgan fingerprint density at radius 1 is 1.36 bits per heavy atom. The first-order valence-corrected chi connectivity index (χ1v) is 4.65. The number of carboxylic acids is 1. The van der Waals surface area contributed by atoms with Crippen LogP contribution in [-0.4, -0.2) is 21.3 Å². The number of aryl methyl sites for hydroxylation is 1. The number of nitrogens with one attached hydrogen (secondary N) is 2. The highest BCUT2D eigenvalue weighted by Gasteiger charge is 2.10. The summed E-state index contributed by atoms with van der Waals surface area (Å²) < 4.78 is 0. The fraction of sp³-hybridized carbons (Fsp3) is 0.556. The van der Waals surface area contributed by atoms with Crippen LogP contribution in [0.25, 0.3) is 0 Å². The van der Waals surface area contributed by atoms with Crippen LogP contribution in [0.1, 0.15) is 31.0 Å². The topological polar surface area (TPSA) is 86.0 Å². The molecule has 0 amide bonds. The summed E-state index contributed by atoms with van der Waals surface area (Å²) in [7, 11) is 0. The van der Waals surface area contributed by atoms with E-state index in [2.05, 4.69) is 10.2 Å². The van der Waals surface area contributed by atoms with Gasteiger partial charge >= 0.3 is 5.97 Å². The number of hydrogen-bond donors (Lipinski definition) is 3. The lowest BCUT2D eigenvalue weighted by Crippen LogP contribution is -2.09. The van der Waals surface area contributed by atoms with Crippen molar-refractivity contribution >= 4 is 5.97 Å². The number of H-pyrrole nitrogens is 2. The van der Waals surface area contributed by atoms with Crippen LogP contribution in [0.2, 0.25) is 0 Å². The van der Waals surface area contributed by atoms with Gasteiger partial charge in [-0.25, -0.2) is 0 Å². The number of aliphatic carboxylic acids is 1. The Bertz CT molecular complexity index is 364. The Hall–Kier alpha value is -1.52. The lowest BCUT2D eigenvalue weighted by atomic mass is 10.1. The molecular formula is C9H14N2O3. The lowest BCUT2D eigenvalue weighted by Gasteiger charge is -1.97. The van der Waals surface area contributed by atoms with Crippen molar-refractivity contribution in [1.82, 2.24) is 10.2 Å². The number of carboxylic acid groups (broad SMARTS) is 1. The summed E-state index contributed by atoms with van der Waals surface area (Å²) in [5, 5.41) is 13.7. The summed E-state index contributed by atoms with van der Waals surface area (Å²) >= 11 is 0. The Balaban J connectivity index is 2.77. The molecule has 0 fully saturated rings. The molecule has 0 unspecified atom stereocenters. The molecule has 0 aromatic carbocycles. The molecule has 0 aliphatic heterocycles. The van der Waals surface area contributed by atoms with Crippen molar-refractivity contribution in [1.29, 1.82) is 0 Å². The van der Waals surface area contributed by atoms with E-state index in [9.17, 15) is 9.59 Å². The molecule has 1 aromatic rings. The number of hydrogen-bond acceptors (Lipinski definition) is 2. The van der Waals surface area contributed by atoms with Crippen molar-refractivity contribution in [3.05, 3.63) is 21.6 Å². The molecule has 3 N–H and O–H groups in total.